The maximum absolute atomic E-state index is 5.49. The molecule has 1 aromatic carbocycles. The second-order valence-corrected chi connectivity index (χ2v) is 3.73. The lowest BCUT2D eigenvalue weighted by atomic mass is 10.3. The average Bonchev–Trinajstić information content (AvgIpc) is 2.71. The van der Waals surface area contributed by atoms with Gasteiger partial charge in [0.05, 0.1) is 12.8 Å². The SMILES string of the molecule is COc1cccc(-n2nc(CCN)nc2C)c1. The van der Waals surface area contributed by atoms with Gasteiger partial charge in [-0.15, -0.1) is 0 Å². The van der Waals surface area contributed by atoms with Crippen LogP contribution in [0.15, 0.2) is 24.3 Å². The number of rotatable bonds is 4. The van der Waals surface area contributed by atoms with Crippen LogP contribution >= 0.6 is 0 Å². The fourth-order valence-electron chi connectivity index (χ4n) is 1.67. The Balaban J connectivity index is 2.37. The molecule has 17 heavy (non-hydrogen) atoms. The number of hydrogen-bond acceptors (Lipinski definition) is 4. The van der Waals surface area contributed by atoms with E-state index in [9.17, 15) is 0 Å². The lowest BCUT2D eigenvalue weighted by molar-refractivity contribution is 0.414. The van der Waals surface area contributed by atoms with Crippen molar-refractivity contribution in [2.24, 2.45) is 5.73 Å². The highest BCUT2D eigenvalue weighted by Gasteiger charge is 2.07. The van der Waals surface area contributed by atoms with Crippen LogP contribution in [0.2, 0.25) is 0 Å². The van der Waals surface area contributed by atoms with Crippen molar-refractivity contribution in [3.63, 3.8) is 0 Å². The Hall–Kier alpha value is -1.88. The Morgan fingerprint density at radius 3 is 2.94 bits per heavy atom. The van der Waals surface area contributed by atoms with Gasteiger partial charge >= 0.3 is 0 Å². The van der Waals surface area contributed by atoms with Gasteiger partial charge < -0.3 is 10.5 Å². The summed E-state index contributed by atoms with van der Waals surface area (Å²) in [6, 6.07) is 7.72. The second kappa shape index (κ2) is 4.97. The van der Waals surface area contributed by atoms with Crippen LogP contribution in [0, 0.1) is 6.92 Å². The van der Waals surface area contributed by atoms with E-state index in [1.54, 1.807) is 11.8 Å². The molecule has 1 aromatic heterocycles. The highest BCUT2D eigenvalue weighted by atomic mass is 16.5. The van der Waals surface area contributed by atoms with Crippen molar-refractivity contribution in [2.45, 2.75) is 13.3 Å². The number of aromatic nitrogens is 3. The Kier molecular flexibility index (Phi) is 3.39. The molecule has 0 amide bonds. The summed E-state index contributed by atoms with van der Waals surface area (Å²) in [6.45, 7) is 2.48. The van der Waals surface area contributed by atoms with E-state index in [-0.39, 0.29) is 0 Å². The van der Waals surface area contributed by atoms with E-state index in [1.165, 1.54) is 0 Å². The molecule has 0 fully saturated rings. The van der Waals surface area contributed by atoms with Crippen molar-refractivity contribution in [1.82, 2.24) is 14.8 Å². The monoisotopic (exact) mass is 232 g/mol. The van der Waals surface area contributed by atoms with Crippen LogP contribution < -0.4 is 10.5 Å². The minimum Gasteiger partial charge on any atom is -0.497 e. The van der Waals surface area contributed by atoms with Crippen molar-refractivity contribution in [2.75, 3.05) is 13.7 Å². The summed E-state index contributed by atoms with van der Waals surface area (Å²) in [7, 11) is 1.65. The van der Waals surface area contributed by atoms with E-state index >= 15 is 0 Å². The Labute approximate surface area is 100 Å². The standard InChI is InChI=1S/C12H16N4O/c1-9-14-12(6-7-13)15-16(9)10-4-3-5-11(8-10)17-2/h3-5,8H,6-7,13H2,1-2H3. The van der Waals surface area contributed by atoms with E-state index in [4.69, 9.17) is 10.5 Å². The van der Waals surface area contributed by atoms with Gasteiger partial charge in [-0.2, -0.15) is 5.10 Å². The van der Waals surface area contributed by atoms with Crippen molar-refractivity contribution in [3.8, 4) is 11.4 Å². The molecule has 2 aromatic rings. The normalized spacial score (nSPS) is 10.5. The molecule has 90 valence electrons. The third-order valence-electron chi connectivity index (χ3n) is 2.48. The molecule has 0 bridgehead atoms. The molecule has 0 aliphatic carbocycles. The molecule has 0 saturated carbocycles. The molecule has 2 rings (SSSR count). The van der Waals surface area contributed by atoms with Gasteiger partial charge in [-0.3, -0.25) is 0 Å². The van der Waals surface area contributed by atoms with Crippen molar-refractivity contribution >= 4 is 0 Å². The van der Waals surface area contributed by atoms with E-state index in [1.807, 2.05) is 31.2 Å². The molecule has 0 saturated heterocycles. The van der Waals surface area contributed by atoms with Crippen LogP contribution in [-0.2, 0) is 6.42 Å². The zero-order chi connectivity index (χ0) is 12.3. The number of hydrogen-bond donors (Lipinski definition) is 1. The summed E-state index contributed by atoms with van der Waals surface area (Å²) in [5.41, 5.74) is 6.44. The first kappa shape index (κ1) is 11.6. The zero-order valence-electron chi connectivity index (χ0n) is 10.1. The molecule has 2 N–H and O–H groups in total. The highest BCUT2D eigenvalue weighted by Crippen LogP contribution is 2.16. The van der Waals surface area contributed by atoms with Crippen LogP contribution in [0.1, 0.15) is 11.6 Å². The van der Waals surface area contributed by atoms with Gasteiger partial charge in [-0.25, -0.2) is 9.67 Å². The third kappa shape index (κ3) is 2.45. The van der Waals surface area contributed by atoms with Gasteiger partial charge in [0.2, 0.25) is 0 Å². The van der Waals surface area contributed by atoms with Crippen LogP contribution in [0.3, 0.4) is 0 Å². The molecular formula is C12H16N4O. The van der Waals surface area contributed by atoms with Gasteiger partial charge in [0, 0.05) is 12.5 Å². The molecule has 0 aliphatic heterocycles. The molecule has 0 spiro atoms. The zero-order valence-corrected chi connectivity index (χ0v) is 10.1. The first-order valence-corrected chi connectivity index (χ1v) is 5.51. The molecular weight excluding hydrogens is 216 g/mol. The van der Waals surface area contributed by atoms with Crippen LogP contribution in [0.5, 0.6) is 5.75 Å². The lowest BCUT2D eigenvalue weighted by Gasteiger charge is -2.05. The van der Waals surface area contributed by atoms with E-state index in [0.29, 0.717) is 13.0 Å². The predicted octanol–water partition coefficient (Wildman–Crippen LogP) is 1.09. The quantitative estimate of drug-likeness (QED) is 0.856. The van der Waals surface area contributed by atoms with Gasteiger partial charge in [0.15, 0.2) is 5.82 Å². The average molecular weight is 232 g/mol. The van der Waals surface area contributed by atoms with Gasteiger partial charge in [0.25, 0.3) is 0 Å². The summed E-state index contributed by atoms with van der Waals surface area (Å²) < 4.78 is 6.99. The number of aryl methyl sites for hydroxylation is 1. The molecule has 0 radical (unpaired) electrons. The first-order chi connectivity index (χ1) is 8.24. The van der Waals surface area contributed by atoms with Crippen LogP contribution in [-0.4, -0.2) is 28.4 Å². The summed E-state index contributed by atoms with van der Waals surface area (Å²) >= 11 is 0. The third-order valence-corrected chi connectivity index (χ3v) is 2.48. The van der Waals surface area contributed by atoms with Crippen LogP contribution in [0.4, 0.5) is 0 Å². The molecule has 5 nitrogen and oxygen atoms in total. The molecule has 0 atom stereocenters. The minimum absolute atomic E-state index is 0.557. The van der Waals surface area contributed by atoms with Crippen molar-refractivity contribution < 1.29 is 4.74 Å². The number of nitrogens with two attached hydrogens (primary N) is 1. The van der Waals surface area contributed by atoms with E-state index in [2.05, 4.69) is 10.1 Å². The summed E-state index contributed by atoms with van der Waals surface area (Å²) in [4.78, 5) is 4.36. The predicted molar refractivity (Wildman–Crippen MR) is 65.4 cm³/mol. The maximum Gasteiger partial charge on any atom is 0.152 e. The molecule has 5 heteroatoms. The maximum atomic E-state index is 5.49. The highest BCUT2D eigenvalue weighted by molar-refractivity contribution is 5.39. The molecule has 1 heterocycles. The van der Waals surface area contributed by atoms with E-state index in [0.717, 1.165) is 23.1 Å². The molecule has 0 aliphatic rings. The fraction of sp³-hybridized carbons (Fsp3) is 0.333. The van der Waals surface area contributed by atoms with Crippen molar-refractivity contribution in [1.29, 1.82) is 0 Å². The van der Waals surface area contributed by atoms with Crippen molar-refractivity contribution in [3.05, 3.63) is 35.9 Å². The summed E-state index contributed by atoms with van der Waals surface area (Å²) in [5.74, 6) is 2.42. The smallest absolute Gasteiger partial charge is 0.152 e. The van der Waals surface area contributed by atoms with Gasteiger partial charge in [-0.05, 0) is 25.6 Å². The Bertz CT molecular complexity index is 507. The fourth-order valence-corrected chi connectivity index (χ4v) is 1.67. The summed E-state index contributed by atoms with van der Waals surface area (Å²) in [6.07, 6.45) is 0.692. The molecule has 0 unspecified atom stereocenters. The van der Waals surface area contributed by atoms with E-state index < -0.39 is 0 Å². The minimum atomic E-state index is 0.557. The Morgan fingerprint density at radius 1 is 1.41 bits per heavy atom. The topological polar surface area (TPSA) is 66.0 Å². The number of methoxy groups -OCH3 is 1. The number of benzene rings is 1. The summed E-state index contributed by atoms with van der Waals surface area (Å²) in [5, 5.41) is 4.42. The first-order valence-electron chi connectivity index (χ1n) is 5.51. The van der Waals surface area contributed by atoms with Crippen LogP contribution in [0.25, 0.3) is 5.69 Å². The lowest BCUT2D eigenvalue weighted by Crippen LogP contribution is -2.05. The van der Waals surface area contributed by atoms with Gasteiger partial charge in [0.1, 0.15) is 11.6 Å². The largest absolute Gasteiger partial charge is 0.497 e. The number of ether oxygens (including phenoxy) is 1. The Morgan fingerprint density at radius 2 is 2.24 bits per heavy atom. The van der Waals surface area contributed by atoms with Gasteiger partial charge in [-0.1, -0.05) is 6.07 Å². The second-order valence-electron chi connectivity index (χ2n) is 3.73. The number of nitrogens with zero attached hydrogens (tertiary/aromatic N) is 3.